The molecule has 0 aromatic carbocycles. The number of allylic oxidation sites excluding steroid dienone is 1. The fourth-order valence-corrected chi connectivity index (χ4v) is 0.886. The number of aliphatic imine (C=N–C) groups is 1. The van der Waals surface area contributed by atoms with Crippen LogP contribution in [0.2, 0.25) is 0 Å². The van der Waals surface area contributed by atoms with Gasteiger partial charge in [-0.1, -0.05) is 32.6 Å². The summed E-state index contributed by atoms with van der Waals surface area (Å²) in [6, 6.07) is 0. The van der Waals surface area contributed by atoms with Crippen molar-refractivity contribution in [3.8, 4) is 0 Å². The van der Waals surface area contributed by atoms with Crippen LogP contribution in [0.25, 0.3) is 0 Å². The van der Waals surface area contributed by atoms with Gasteiger partial charge < -0.3 is 4.90 Å². The lowest BCUT2D eigenvalue weighted by atomic mass is 10.0. The van der Waals surface area contributed by atoms with Crippen LogP contribution >= 0.6 is 0 Å². The zero-order valence-corrected chi connectivity index (χ0v) is 9.62. The summed E-state index contributed by atoms with van der Waals surface area (Å²) in [5, 5.41) is 0. The van der Waals surface area contributed by atoms with Crippen molar-refractivity contribution >= 4 is 5.84 Å². The van der Waals surface area contributed by atoms with Crippen molar-refractivity contribution in [2.45, 2.75) is 20.8 Å². The highest BCUT2D eigenvalue weighted by atomic mass is 15.1. The van der Waals surface area contributed by atoms with Gasteiger partial charge in [0.15, 0.2) is 0 Å². The predicted molar refractivity (Wildman–Crippen MR) is 64.2 cm³/mol. The first kappa shape index (κ1) is 12.7. The lowest BCUT2D eigenvalue weighted by Crippen LogP contribution is -2.17. The van der Waals surface area contributed by atoms with Crippen molar-refractivity contribution in [1.29, 1.82) is 0 Å². The number of amidine groups is 1. The van der Waals surface area contributed by atoms with Gasteiger partial charge in [-0.3, -0.25) is 4.99 Å². The monoisotopic (exact) mass is 192 g/mol. The second-order valence-corrected chi connectivity index (χ2v) is 3.40. The molecule has 0 aliphatic rings. The summed E-state index contributed by atoms with van der Waals surface area (Å²) in [5.41, 5.74) is 1.29. The van der Waals surface area contributed by atoms with Crippen LogP contribution < -0.4 is 0 Å². The van der Waals surface area contributed by atoms with Crippen molar-refractivity contribution in [1.82, 2.24) is 4.90 Å². The minimum absolute atomic E-state index is 0.531. The Balaban J connectivity index is 4.84. The van der Waals surface area contributed by atoms with E-state index in [9.17, 15) is 0 Å². The molecule has 0 spiro atoms. The summed E-state index contributed by atoms with van der Waals surface area (Å²) >= 11 is 0. The number of hydrogen-bond donors (Lipinski definition) is 0. The van der Waals surface area contributed by atoms with Gasteiger partial charge in [-0.25, -0.2) is 0 Å². The van der Waals surface area contributed by atoms with Crippen molar-refractivity contribution in [2.24, 2.45) is 10.9 Å². The van der Waals surface area contributed by atoms with E-state index in [4.69, 9.17) is 0 Å². The Kier molecular flexibility index (Phi) is 5.61. The summed E-state index contributed by atoms with van der Waals surface area (Å²) in [7, 11) is 1.76. The van der Waals surface area contributed by atoms with Gasteiger partial charge in [0.05, 0.1) is 0 Å². The van der Waals surface area contributed by atoms with Crippen LogP contribution in [-0.4, -0.2) is 17.8 Å². The zero-order valence-electron chi connectivity index (χ0n) is 9.62. The van der Waals surface area contributed by atoms with E-state index in [1.165, 1.54) is 5.57 Å². The molecule has 2 nitrogen and oxygen atoms in total. The van der Waals surface area contributed by atoms with E-state index in [1.807, 2.05) is 6.08 Å². The Morgan fingerprint density at radius 3 is 2.07 bits per heavy atom. The van der Waals surface area contributed by atoms with Crippen LogP contribution in [-0.2, 0) is 0 Å². The second-order valence-electron chi connectivity index (χ2n) is 3.40. The summed E-state index contributed by atoms with van der Waals surface area (Å²) in [5.74, 6) is 1.39. The molecule has 0 atom stereocenters. The molecule has 0 rings (SSSR count). The van der Waals surface area contributed by atoms with E-state index in [2.05, 4.69) is 38.9 Å². The summed E-state index contributed by atoms with van der Waals surface area (Å²) < 4.78 is 0. The molecule has 0 heterocycles. The smallest absolute Gasteiger partial charge is 0.131 e. The van der Waals surface area contributed by atoms with Crippen molar-refractivity contribution < 1.29 is 0 Å². The third kappa shape index (κ3) is 3.60. The first-order valence-electron chi connectivity index (χ1n) is 4.75. The quantitative estimate of drug-likeness (QED) is 0.493. The number of hydrogen-bond acceptors (Lipinski definition) is 1. The first-order valence-corrected chi connectivity index (χ1v) is 4.75. The maximum Gasteiger partial charge on any atom is 0.131 e. The van der Waals surface area contributed by atoms with Crippen LogP contribution in [0.15, 0.2) is 42.2 Å². The molecule has 0 aromatic rings. The molecular formula is C12H20N2. The molecule has 2 heteroatoms. The molecule has 78 valence electrons. The van der Waals surface area contributed by atoms with Gasteiger partial charge in [0, 0.05) is 19.4 Å². The van der Waals surface area contributed by atoms with E-state index in [0.717, 1.165) is 5.84 Å². The van der Waals surface area contributed by atoms with Crippen molar-refractivity contribution in [3.63, 3.8) is 0 Å². The van der Waals surface area contributed by atoms with Gasteiger partial charge in [0.2, 0.25) is 0 Å². The van der Waals surface area contributed by atoms with Gasteiger partial charge in [0.1, 0.15) is 5.84 Å². The highest BCUT2D eigenvalue weighted by molar-refractivity contribution is 5.94. The van der Waals surface area contributed by atoms with E-state index >= 15 is 0 Å². The minimum atomic E-state index is 0.531. The van der Waals surface area contributed by atoms with Crippen LogP contribution in [0, 0.1) is 5.92 Å². The summed E-state index contributed by atoms with van der Waals surface area (Å²) in [6.07, 6.45) is 5.44. The van der Waals surface area contributed by atoms with Crippen LogP contribution in [0.4, 0.5) is 0 Å². The van der Waals surface area contributed by atoms with E-state index in [-0.39, 0.29) is 0 Å². The molecular weight excluding hydrogens is 172 g/mol. The average molecular weight is 192 g/mol. The van der Waals surface area contributed by atoms with Gasteiger partial charge >= 0.3 is 0 Å². The topological polar surface area (TPSA) is 15.6 Å². The largest absolute Gasteiger partial charge is 0.310 e. The second kappa shape index (κ2) is 6.19. The van der Waals surface area contributed by atoms with E-state index in [1.54, 1.807) is 24.3 Å². The molecule has 0 fully saturated rings. The minimum Gasteiger partial charge on any atom is -0.310 e. The molecule has 0 bridgehead atoms. The molecule has 0 aromatic heterocycles. The Labute approximate surface area is 87.3 Å². The van der Waals surface area contributed by atoms with Gasteiger partial charge in [0.25, 0.3) is 0 Å². The molecule has 0 unspecified atom stereocenters. The van der Waals surface area contributed by atoms with Gasteiger partial charge in [-0.15, -0.1) is 0 Å². The van der Waals surface area contributed by atoms with Crippen LogP contribution in [0.1, 0.15) is 20.8 Å². The Bertz CT molecular complexity index is 251. The predicted octanol–water partition coefficient (Wildman–Crippen LogP) is 3.21. The average Bonchev–Trinajstić information content (AvgIpc) is 2.17. The lowest BCUT2D eigenvalue weighted by Gasteiger charge is -2.15. The normalized spacial score (nSPS) is 12.9. The molecule has 0 saturated heterocycles. The molecule has 0 N–H and O–H groups in total. The summed E-state index contributed by atoms with van der Waals surface area (Å²) in [6.45, 7) is 13.8. The molecule has 0 saturated carbocycles. The molecule has 0 amide bonds. The molecule has 0 aliphatic heterocycles. The van der Waals surface area contributed by atoms with Crippen LogP contribution in [0.3, 0.4) is 0 Å². The lowest BCUT2D eigenvalue weighted by molar-refractivity contribution is 0.747. The number of nitrogens with zero attached hydrogens (tertiary/aromatic N) is 2. The highest BCUT2D eigenvalue weighted by Crippen LogP contribution is 2.09. The van der Waals surface area contributed by atoms with Gasteiger partial charge in [-0.05, 0) is 18.9 Å². The summed E-state index contributed by atoms with van der Waals surface area (Å²) in [4.78, 5) is 5.97. The molecule has 0 aliphatic carbocycles. The van der Waals surface area contributed by atoms with Crippen molar-refractivity contribution in [2.75, 3.05) is 7.05 Å². The van der Waals surface area contributed by atoms with Crippen molar-refractivity contribution in [3.05, 3.63) is 37.2 Å². The molecule has 0 radical (unpaired) electrons. The Morgan fingerprint density at radius 2 is 1.79 bits per heavy atom. The van der Waals surface area contributed by atoms with E-state index < -0.39 is 0 Å². The zero-order chi connectivity index (χ0) is 11.1. The fraction of sp³-hybridized carbons (Fsp3) is 0.417. The molecule has 14 heavy (non-hydrogen) atoms. The standard InChI is InChI=1S/C12H20N2/c1-7-14(8-2)12(13-6)9-11(5)10(3)4/h7-10H,1-2H2,3-6H3/b11-9+,13-12-. The van der Waals surface area contributed by atoms with Gasteiger partial charge in [-0.2, -0.15) is 0 Å². The first-order chi connectivity index (χ1) is 6.56. The third-order valence-electron chi connectivity index (χ3n) is 2.15. The van der Waals surface area contributed by atoms with Crippen LogP contribution in [0.5, 0.6) is 0 Å². The Hall–Kier alpha value is -1.31. The number of rotatable bonds is 4. The Morgan fingerprint density at radius 1 is 1.29 bits per heavy atom. The maximum atomic E-state index is 4.18. The van der Waals surface area contributed by atoms with E-state index in [0.29, 0.717) is 5.92 Å². The highest BCUT2D eigenvalue weighted by Gasteiger charge is 2.02. The third-order valence-corrected chi connectivity index (χ3v) is 2.15. The fourth-order valence-electron chi connectivity index (χ4n) is 0.886. The maximum absolute atomic E-state index is 4.18. The SMILES string of the molecule is C=CN(C=C)C(/C=C(\C)C(C)C)=N\C.